The van der Waals surface area contributed by atoms with E-state index in [1.807, 2.05) is 12.1 Å². The summed E-state index contributed by atoms with van der Waals surface area (Å²) in [5, 5.41) is 13.3. The third-order valence-electron chi connectivity index (χ3n) is 4.52. The Labute approximate surface area is 137 Å². The Morgan fingerprint density at radius 3 is 2.88 bits per heavy atom. The molecule has 0 fully saturated rings. The van der Waals surface area contributed by atoms with Crippen LogP contribution in [0.2, 0.25) is 0 Å². The van der Waals surface area contributed by atoms with Gasteiger partial charge in [-0.2, -0.15) is 0 Å². The number of carbonyl (C=O) groups is 1. The summed E-state index contributed by atoms with van der Waals surface area (Å²) in [7, 11) is 0. The molecule has 1 atom stereocenters. The monoisotopic (exact) mass is 325 g/mol. The zero-order chi connectivity index (χ0) is 16.7. The number of aliphatic carboxylic acids is 1. The predicted octanol–water partition coefficient (Wildman–Crippen LogP) is 2.32. The summed E-state index contributed by atoms with van der Waals surface area (Å²) in [6.07, 6.45) is 2.17. The number of halogens is 1. The third-order valence-corrected chi connectivity index (χ3v) is 4.52. The number of benzene rings is 1. The molecule has 0 amide bonds. The molecule has 1 aliphatic heterocycles. The van der Waals surface area contributed by atoms with E-state index in [9.17, 15) is 14.3 Å². The van der Waals surface area contributed by atoms with Crippen molar-refractivity contribution in [2.75, 3.05) is 0 Å². The van der Waals surface area contributed by atoms with Gasteiger partial charge in [-0.15, -0.1) is 0 Å². The summed E-state index contributed by atoms with van der Waals surface area (Å²) in [5.41, 5.74) is 3.89. The van der Waals surface area contributed by atoms with Crippen molar-refractivity contribution in [1.82, 2.24) is 14.9 Å². The molecule has 0 spiro atoms. The molecular formula is C18H16FN3O2. The number of carboxylic acids is 1. The van der Waals surface area contributed by atoms with E-state index in [4.69, 9.17) is 0 Å². The van der Waals surface area contributed by atoms with Crippen LogP contribution in [-0.4, -0.2) is 26.7 Å². The topological polar surface area (TPSA) is 67.1 Å². The first-order valence-electron chi connectivity index (χ1n) is 7.79. The highest BCUT2D eigenvalue weighted by atomic mass is 19.1. The second-order valence-corrected chi connectivity index (χ2v) is 5.99. The molecule has 6 heteroatoms. The maximum absolute atomic E-state index is 13.1. The van der Waals surface area contributed by atoms with Crippen molar-refractivity contribution in [3.8, 4) is 0 Å². The molecule has 3 aromatic rings. The number of pyridine rings is 1. The van der Waals surface area contributed by atoms with Gasteiger partial charge in [0.05, 0.1) is 0 Å². The zero-order valence-electron chi connectivity index (χ0n) is 12.9. The molecule has 122 valence electrons. The van der Waals surface area contributed by atoms with Crippen LogP contribution in [0.3, 0.4) is 0 Å². The van der Waals surface area contributed by atoms with Crippen LogP contribution in [-0.2, 0) is 24.3 Å². The molecule has 0 radical (unpaired) electrons. The highest BCUT2D eigenvalue weighted by molar-refractivity contribution is 5.84. The van der Waals surface area contributed by atoms with Gasteiger partial charge < -0.3 is 9.67 Å². The van der Waals surface area contributed by atoms with Gasteiger partial charge in [0.1, 0.15) is 17.5 Å². The second-order valence-electron chi connectivity index (χ2n) is 5.99. The Morgan fingerprint density at radius 1 is 1.33 bits per heavy atom. The largest absolute Gasteiger partial charge is 0.480 e. The number of carboxylic acid groups (broad SMARTS) is 1. The fourth-order valence-electron chi connectivity index (χ4n) is 3.34. The molecular weight excluding hydrogens is 309 g/mol. The Kier molecular flexibility index (Phi) is 3.54. The summed E-state index contributed by atoms with van der Waals surface area (Å²) in [4.78, 5) is 15.8. The average Bonchev–Trinajstić information content (AvgIpc) is 2.90. The van der Waals surface area contributed by atoms with Crippen LogP contribution in [0.4, 0.5) is 4.39 Å². The number of fused-ring (bicyclic) bond motifs is 3. The lowest BCUT2D eigenvalue weighted by molar-refractivity contribution is -0.139. The summed E-state index contributed by atoms with van der Waals surface area (Å²) < 4.78 is 15.2. The van der Waals surface area contributed by atoms with Crippen LogP contribution in [0.1, 0.15) is 16.8 Å². The van der Waals surface area contributed by atoms with Crippen LogP contribution >= 0.6 is 0 Å². The number of hydrogen-bond acceptors (Lipinski definition) is 3. The normalized spacial score (nSPS) is 17.0. The molecule has 1 aromatic carbocycles. The lowest BCUT2D eigenvalue weighted by Crippen LogP contribution is -2.42. The molecule has 0 bridgehead atoms. The van der Waals surface area contributed by atoms with Gasteiger partial charge in [-0.3, -0.25) is 10.1 Å². The Bertz CT molecular complexity index is 918. The van der Waals surface area contributed by atoms with Crippen molar-refractivity contribution in [2.24, 2.45) is 0 Å². The first kappa shape index (κ1) is 14.8. The zero-order valence-corrected chi connectivity index (χ0v) is 12.9. The van der Waals surface area contributed by atoms with E-state index < -0.39 is 12.0 Å². The maximum Gasteiger partial charge on any atom is 0.321 e. The van der Waals surface area contributed by atoms with Gasteiger partial charge in [-0.1, -0.05) is 12.1 Å². The van der Waals surface area contributed by atoms with Crippen LogP contribution < -0.4 is 5.32 Å². The van der Waals surface area contributed by atoms with E-state index in [-0.39, 0.29) is 5.82 Å². The number of nitrogens with zero attached hydrogens (tertiary/aromatic N) is 2. The van der Waals surface area contributed by atoms with Crippen molar-refractivity contribution in [3.63, 3.8) is 0 Å². The van der Waals surface area contributed by atoms with Crippen LogP contribution in [0.25, 0.3) is 11.0 Å². The lowest BCUT2D eigenvalue weighted by atomic mass is 9.99. The average molecular weight is 325 g/mol. The standard InChI is InChI=1S/C18H16FN3O2/c19-12-5-3-11(4-6-12)10-22-16-9-21-15(18(23)24)8-14(16)13-2-1-7-20-17(13)22/h1-7,15,21H,8-10H2,(H,23,24). The minimum atomic E-state index is -0.844. The Hall–Kier alpha value is -2.73. The highest BCUT2D eigenvalue weighted by Crippen LogP contribution is 2.29. The number of nitrogens with one attached hydrogen (secondary N) is 1. The summed E-state index contributed by atoms with van der Waals surface area (Å²) in [6, 6.07) is 9.66. The van der Waals surface area contributed by atoms with Gasteiger partial charge >= 0.3 is 5.97 Å². The molecule has 1 unspecified atom stereocenters. The minimum absolute atomic E-state index is 0.262. The number of aromatic nitrogens is 2. The van der Waals surface area contributed by atoms with Gasteiger partial charge in [-0.05, 0) is 35.4 Å². The SMILES string of the molecule is O=C(O)C1Cc2c(n(Cc3ccc(F)cc3)c3ncccc23)CN1. The quantitative estimate of drug-likeness (QED) is 0.775. The molecule has 24 heavy (non-hydrogen) atoms. The van der Waals surface area contributed by atoms with Crippen molar-refractivity contribution in [1.29, 1.82) is 0 Å². The maximum atomic E-state index is 13.1. The van der Waals surface area contributed by atoms with Crippen LogP contribution in [0, 0.1) is 5.82 Å². The summed E-state index contributed by atoms with van der Waals surface area (Å²) in [5.74, 6) is -1.11. The molecule has 5 nitrogen and oxygen atoms in total. The Morgan fingerprint density at radius 2 is 2.12 bits per heavy atom. The van der Waals surface area contributed by atoms with E-state index >= 15 is 0 Å². The fourth-order valence-corrected chi connectivity index (χ4v) is 3.34. The van der Waals surface area contributed by atoms with E-state index in [1.54, 1.807) is 18.3 Å². The van der Waals surface area contributed by atoms with E-state index in [2.05, 4.69) is 14.9 Å². The van der Waals surface area contributed by atoms with Gasteiger partial charge in [0, 0.05) is 36.8 Å². The lowest BCUT2D eigenvalue weighted by Gasteiger charge is -2.22. The predicted molar refractivity (Wildman–Crippen MR) is 87.2 cm³/mol. The van der Waals surface area contributed by atoms with E-state index in [1.165, 1.54) is 12.1 Å². The van der Waals surface area contributed by atoms with E-state index in [0.717, 1.165) is 27.9 Å². The molecule has 0 saturated heterocycles. The van der Waals surface area contributed by atoms with E-state index in [0.29, 0.717) is 19.5 Å². The van der Waals surface area contributed by atoms with Gasteiger partial charge in [-0.25, -0.2) is 9.37 Å². The summed E-state index contributed by atoms with van der Waals surface area (Å²) in [6.45, 7) is 1.05. The Balaban J connectivity index is 1.81. The van der Waals surface area contributed by atoms with Gasteiger partial charge in [0.15, 0.2) is 0 Å². The molecule has 4 rings (SSSR count). The van der Waals surface area contributed by atoms with Crippen LogP contribution in [0.5, 0.6) is 0 Å². The second kappa shape index (κ2) is 5.72. The molecule has 2 aromatic heterocycles. The first-order valence-corrected chi connectivity index (χ1v) is 7.79. The fraction of sp³-hybridized carbons (Fsp3) is 0.222. The minimum Gasteiger partial charge on any atom is -0.480 e. The summed E-state index contributed by atoms with van der Waals surface area (Å²) >= 11 is 0. The van der Waals surface area contributed by atoms with Crippen LogP contribution in [0.15, 0.2) is 42.6 Å². The number of hydrogen-bond donors (Lipinski definition) is 2. The van der Waals surface area contributed by atoms with Gasteiger partial charge in [0.25, 0.3) is 0 Å². The van der Waals surface area contributed by atoms with Gasteiger partial charge in [0.2, 0.25) is 0 Å². The smallest absolute Gasteiger partial charge is 0.321 e. The highest BCUT2D eigenvalue weighted by Gasteiger charge is 2.29. The molecule has 1 aliphatic rings. The van der Waals surface area contributed by atoms with Crippen molar-refractivity contribution < 1.29 is 14.3 Å². The third kappa shape index (κ3) is 2.45. The van der Waals surface area contributed by atoms with Crippen molar-refractivity contribution in [2.45, 2.75) is 25.6 Å². The van der Waals surface area contributed by atoms with Crippen molar-refractivity contribution in [3.05, 3.63) is 65.2 Å². The first-order chi connectivity index (χ1) is 11.6. The van der Waals surface area contributed by atoms with Crippen molar-refractivity contribution >= 4 is 17.0 Å². The molecule has 0 aliphatic carbocycles. The molecule has 0 saturated carbocycles. The molecule has 3 heterocycles. The molecule has 2 N–H and O–H groups in total. The number of rotatable bonds is 3.